The molecule has 0 aliphatic heterocycles. The largest absolute Gasteiger partial charge is 0.497 e. The molecule has 0 saturated heterocycles. The summed E-state index contributed by atoms with van der Waals surface area (Å²) < 4.78 is 40.6. The number of aryl methyl sites for hydroxylation is 1. The van der Waals surface area contributed by atoms with Crippen molar-refractivity contribution >= 4 is 21.7 Å². The van der Waals surface area contributed by atoms with E-state index in [2.05, 4.69) is 0 Å². The molecule has 0 aromatic heterocycles. The Balaban J connectivity index is 1.68. The Morgan fingerprint density at radius 2 is 1.27 bits per heavy atom. The highest BCUT2D eigenvalue weighted by molar-refractivity contribution is 7.89. The first kappa shape index (κ1) is 33.6. The molecule has 0 spiro atoms. The van der Waals surface area contributed by atoms with Crippen LogP contribution in [0, 0.1) is 6.92 Å². The van der Waals surface area contributed by atoms with Crippen molar-refractivity contribution < 1.29 is 22.7 Å². The summed E-state index contributed by atoms with van der Waals surface area (Å²) in [6.45, 7) is 7.71. The molecule has 236 valence electrons. The number of sulfonamides is 1. The van der Waals surface area contributed by atoms with Crippen molar-refractivity contribution in [2.75, 3.05) is 12.9 Å². The van der Waals surface area contributed by atoms with Gasteiger partial charge in [-0.15, -0.1) is 0 Å². The van der Waals surface area contributed by atoms with E-state index in [0.29, 0.717) is 11.5 Å². The maximum Gasteiger partial charge on any atom is 0.331 e. The molecule has 0 bridgehead atoms. The zero-order valence-corrected chi connectivity index (χ0v) is 27.5. The first-order valence-corrected chi connectivity index (χ1v) is 16.6. The maximum absolute atomic E-state index is 14.1. The molecule has 4 aromatic rings. The second-order valence-corrected chi connectivity index (χ2v) is 14.1. The monoisotopic (exact) mass is 626 g/mol. The summed E-state index contributed by atoms with van der Waals surface area (Å²) in [5.41, 5.74) is 4.25. The molecule has 0 aliphatic rings. The fraction of sp³-hybridized carbons (Fsp3) is 0.297. The molecule has 0 fully saturated rings. The summed E-state index contributed by atoms with van der Waals surface area (Å²) in [4.78, 5) is 18.5. The van der Waals surface area contributed by atoms with Gasteiger partial charge in [-0.3, -0.25) is 4.99 Å². The highest BCUT2D eigenvalue weighted by Gasteiger charge is 2.30. The van der Waals surface area contributed by atoms with Gasteiger partial charge in [0.25, 0.3) is 0 Å². The number of carbonyl (C=O) groups is 1. The van der Waals surface area contributed by atoms with Gasteiger partial charge in [0.2, 0.25) is 10.0 Å². The SMILES string of the molecule is COc1ccc(CN(Cc2ccc(C)cc2)S(=O)(=O)CCC(N=C(c2ccccc2)c2ccccc2)C(=O)OC(C)(C)C)cc1. The lowest BCUT2D eigenvalue weighted by atomic mass is 10.0. The minimum atomic E-state index is -3.86. The van der Waals surface area contributed by atoms with Crippen LogP contribution in [0.25, 0.3) is 0 Å². The highest BCUT2D eigenvalue weighted by Crippen LogP contribution is 2.21. The molecular weight excluding hydrogens is 584 g/mol. The van der Waals surface area contributed by atoms with Gasteiger partial charge in [0, 0.05) is 24.2 Å². The minimum absolute atomic E-state index is 0.0482. The third kappa shape index (κ3) is 10.1. The summed E-state index contributed by atoms with van der Waals surface area (Å²) in [5, 5.41) is 0. The quantitative estimate of drug-likeness (QED) is 0.118. The van der Waals surface area contributed by atoms with Gasteiger partial charge in [-0.05, 0) is 57.4 Å². The van der Waals surface area contributed by atoms with Gasteiger partial charge in [-0.1, -0.05) is 103 Å². The van der Waals surface area contributed by atoms with Gasteiger partial charge < -0.3 is 9.47 Å². The number of carbonyl (C=O) groups excluding carboxylic acids is 1. The van der Waals surface area contributed by atoms with E-state index in [4.69, 9.17) is 14.5 Å². The number of benzene rings is 4. The lowest BCUT2D eigenvalue weighted by Crippen LogP contribution is -2.36. The van der Waals surface area contributed by atoms with Crippen molar-refractivity contribution in [1.82, 2.24) is 4.31 Å². The van der Waals surface area contributed by atoms with Crippen LogP contribution in [-0.4, -0.2) is 48.9 Å². The fourth-order valence-electron chi connectivity index (χ4n) is 4.74. The molecule has 0 heterocycles. The molecule has 7 nitrogen and oxygen atoms in total. The summed E-state index contributed by atoms with van der Waals surface area (Å²) in [7, 11) is -2.27. The summed E-state index contributed by atoms with van der Waals surface area (Å²) in [5.74, 6) is -0.168. The molecular formula is C37H42N2O5S. The van der Waals surface area contributed by atoms with E-state index in [-0.39, 0.29) is 25.3 Å². The summed E-state index contributed by atoms with van der Waals surface area (Å²) in [6.07, 6.45) is -0.0482. The van der Waals surface area contributed by atoms with Crippen LogP contribution in [0.2, 0.25) is 0 Å². The molecule has 0 aliphatic carbocycles. The Kier molecular flexibility index (Phi) is 11.3. The van der Waals surface area contributed by atoms with Gasteiger partial charge in [-0.2, -0.15) is 4.31 Å². The molecule has 0 radical (unpaired) electrons. The van der Waals surface area contributed by atoms with E-state index in [1.807, 2.05) is 116 Å². The molecule has 0 N–H and O–H groups in total. The first-order chi connectivity index (χ1) is 21.4. The van der Waals surface area contributed by atoms with E-state index in [1.165, 1.54) is 4.31 Å². The summed E-state index contributed by atoms with van der Waals surface area (Å²) >= 11 is 0. The van der Waals surface area contributed by atoms with Crippen LogP contribution in [0.3, 0.4) is 0 Å². The van der Waals surface area contributed by atoms with Crippen LogP contribution in [-0.2, 0) is 32.6 Å². The zero-order valence-electron chi connectivity index (χ0n) is 26.6. The number of rotatable bonds is 13. The number of ether oxygens (including phenoxy) is 2. The molecule has 45 heavy (non-hydrogen) atoms. The molecule has 0 amide bonds. The Morgan fingerprint density at radius 3 is 1.73 bits per heavy atom. The normalized spacial score (nSPS) is 12.4. The second-order valence-electron chi connectivity index (χ2n) is 12.0. The topological polar surface area (TPSA) is 85.3 Å². The smallest absolute Gasteiger partial charge is 0.331 e. The lowest BCUT2D eigenvalue weighted by molar-refractivity contribution is -0.156. The van der Waals surface area contributed by atoms with E-state index in [9.17, 15) is 13.2 Å². The third-order valence-corrected chi connectivity index (χ3v) is 8.89. The molecule has 1 unspecified atom stereocenters. The fourth-order valence-corrected chi connectivity index (χ4v) is 6.21. The van der Waals surface area contributed by atoms with Crippen molar-refractivity contribution in [3.8, 4) is 5.75 Å². The van der Waals surface area contributed by atoms with Crippen LogP contribution in [0.4, 0.5) is 0 Å². The predicted molar refractivity (Wildman–Crippen MR) is 180 cm³/mol. The number of methoxy groups -OCH3 is 1. The van der Waals surface area contributed by atoms with E-state index >= 15 is 0 Å². The number of hydrogen-bond acceptors (Lipinski definition) is 6. The third-order valence-electron chi connectivity index (χ3n) is 7.10. The van der Waals surface area contributed by atoms with Gasteiger partial charge in [0.05, 0.1) is 18.6 Å². The van der Waals surface area contributed by atoms with Crippen LogP contribution in [0.1, 0.15) is 55.0 Å². The number of hydrogen-bond donors (Lipinski definition) is 0. The molecule has 4 rings (SSSR count). The van der Waals surface area contributed by atoms with Crippen LogP contribution < -0.4 is 4.74 Å². The van der Waals surface area contributed by atoms with E-state index < -0.39 is 27.6 Å². The molecule has 8 heteroatoms. The standard InChI is InChI=1S/C37H42N2O5S/c1-28-16-18-29(19-17-28)26-39(27-30-20-22-33(43-5)23-21-30)45(41,42)25-24-34(36(40)44-37(2,3)4)38-35(31-12-8-6-9-13-31)32-14-10-7-11-15-32/h6-23,34H,24-27H2,1-5H3. The van der Waals surface area contributed by atoms with Gasteiger partial charge in [-0.25, -0.2) is 13.2 Å². The van der Waals surface area contributed by atoms with Gasteiger partial charge in [0.15, 0.2) is 0 Å². The Bertz CT molecular complexity index is 1620. The highest BCUT2D eigenvalue weighted by atomic mass is 32.2. The van der Waals surface area contributed by atoms with E-state index in [0.717, 1.165) is 27.8 Å². The lowest BCUT2D eigenvalue weighted by Gasteiger charge is -2.25. The molecule has 0 saturated carbocycles. The summed E-state index contributed by atoms with van der Waals surface area (Å²) in [6, 6.07) is 33.2. The number of nitrogens with zero attached hydrogens (tertiary/aromatic N) is 2. The van der Waals surface area contributed by atoms with Gasteiger partial charge >= 0.3 is 5.97 Å². The van der Waals surface area contributed by atoms with Crippen molar-refractivity contribution in [2.45, 2.75) is 58.8 Å². The van der Waals surface area contributed by atoms with Crippen LogP contribution in [0.5, 0.6) is 5.75 Å². The number of esters is 1. The predicted octanol–water partition coefficient (Wildman–Crippen LogP) is 6.97. The van der Waals surface area contributed by atoms with Crippen molar-refractivity contribution in [2.24, 2.45) is 4.99 Å². The van der Waals surface area contributed by atoms with Crippen molar-refractivity contribution in [3.63, 3.8) is 0 Å². The average molecular weight is 627 g/mol. The van der Waals surface area contributed by atoms with Crippen LogP contribution >= 0.6 is 0 Å². The second kappa shape index (κ2) is 15.1. The van der Waals surface area contributed by atoms with E-state index in [1.54, 1.807) is 27.9 Å². The molecule has 1 atom stereocenters. The van der Waals surface area contributed by atoms with Crippen LogP contribution in [0.15, 0.2) is 114 Å². The Hall–Kier alpha value is -4.27. The van der Waals surface area contributed by atoms with Gasteiger partial charge in [0.1, 0.15) is 17.4 Å². The van der Waals surface area contributed by atoms with Crippen molar-refractivity contribution in [3.05, 3.63) is 137 Å². The van der Waals surface area contributed by atoms with Crippen molar-refractivity contribution in [1.29, 1.82) is 0 Å². The number of aliphatic imine (C=N–C) groups is 1. The Labute approximate surface area is 267 Å². The average Bonchev–Trinajstić information content (AvgIpc) is 3.02. The zero-order chi connectivity index (χ0) is 32.5. The maximum atomic E-state index is 14.1. The first-order valence-electron chi connectivity index (χ1n) is 15.0. The minimum Gasteiger partial charge on any atom is -0.497 e. The Morgan fingerprint density at radius 1 is 0.778 bits per heavy atom. The molecule has 4 aromatic carbocycles.